The van der Waals surface area contributed by atoms with Gasteiger partial charge in [0.05, 0.1) is 5.56 Å². The predicted molar refractivity (Wildman–Crippen MR) is 93.0 cm³/mol. The molecule has 4 rings (SSSR count). The first kappa shape index (κ1) is 16.2. The van der Waals surface area contributed by atoms with Crippen LogP contribution in [0.3, 0.4) is 0 Å². The highest BCUT2D eigenvalue weighted by Crippen LogP contribution is 2.32. The Balaban J connectivity index is 1.33. The molecule has 0 radical (unpaired) electrons. The van der Waals surface area contributed by atoms with Gasteiger partial charge in [0.25, 0.3) is 5.91 Å². The highest BCUT2D eigenvalue weighted by molar-refractivity contribution is 6.29. The fraction of sp³-hybridized carbons (Fsp3) is 0.333. The molecular weight excluding hydrogens is 342 g/mol. The van der Waals surface area contributed by atoms with Crippen molar-refractivity contribution in [1.82, 2.24) is 14.8 Å². The average Bonchev–Trinajstić information content (AvgIpc) is 3.10. The average molecular weight is 360 g/mol. The fourth-order valence-electron chi connectivity index (χ4n) is 3.09. The molecule has 0 N–H and O–H groups in total. The predicted octanol–water partition coefficient (Wildman–Crippen LogP) is 2.42. The third-order valence-corrected chi connectivity index (χ3v) is 4.70. The molecule has 7 heteroatoms. The Labute approximate surface area is 150 Å². The lowest BCUT2D eigenvalue weighted by Crippen LogP contribution is -2.48. The molecule has 1 amide bonds. The Morgan fingerprint density at radius 2 is 1.88 bits per heavy atom. The van der Waals surface area contributed by atoms with Crippen LogP contribution in [0, 0.1) is 0 Å². The van der Waals surface area contributed by atoms with Crippen LogP contribution >= 0.6 is 11.6 Å². The number of carbonyl (C=O) groups excluding carboxylic acids is 1. The van der Waals surface area contributed by atoms with Crippen LogP contribution in [0.15, 0.2) is 36.5 Å². The summed E-state index contributed by atoms with van der Waals surface area (Å²) in [6.07, 6.45) is 1.53. The van der Waals surface area contributed by atoms with Gasteiger partial charge in [0.1, 0.15) is 5.15 Å². The molecule has 1 fully saturated rings. The number of nitrogens with zero attached hydrogens (tertiary/aromatic N) is 3. The number of hydrogen-bond acceptors (Lipinski definition) is 5. The van der Waals surface area contributed by atoms with Crippen LogP contribution in [-0.2, 0) is 6.54 Å². The maximum absolute atomic E-state index is 12.5. The van der Waals surface area contributed by atoms with Gasteiger partial charge in [-0.05, 0) is 29.8 Å². The smallest absolute Gasteiger partial charge is 0.255 e. The monoisotopic (exact) mass is 359 g/mol. The van der Waals surface area contributed by atoms with Crippen molar-refractivity contribution >= 4 is 17.5 Å². The molecule has 0 bridgehead atoms. The van der Waals surface area contributed by atoms with E-state index in [1.54, 1.807) is 12.1 Å². The number of ether oxygens (including phenoxy) is 2. The highest BCUT2D eigenvalue weighted by Gasteiger charge is 2.23. The number of benzene rings is 1. The minimum absolute atomic E-state index is 0.00639. The Morgan fingerprint density at radius 3 is 2.64 bits per heavy atom. The number of fused-ring (bicyclic) bond motifs is 1. The molecule has 1 saturated heterocycles. The fourth-order valence-corrected chi connectivity index (χ4v) is 3.20. The summed E-state index contributed by atoms with van der Waals surface area (Å²) in [6, 6.07) is 9.40. The van der Waals surface area contributed by atoms with E-state index in [2.05, 4.69) is 16.0 Å². The van der Waals surface area contributed by atoms with E-state index in [4.69, 9.17) is 21.1 Å². The van der Waals surface area contributed by atoms with Crippen molar-refractivity contribution in [2.45, 2.75) is 6.54 Å². The van der Waals surface area contributed by atoms with Crippen molar-refractivity contribution in [3.8, 4) is 11.5 Å². The van der Waals surface area contributed by atoms with Gasteiger partial charge in [-0.25, -0.2) is 4.98 Å². The quantitative estimate of drug-likeness (QED) is 0.788. The number of pyridine rings is 1. The Morgan fingerprint density at radius 1 is 1.08 bits per heavy atom. The molecule has 0 saturated carbocycles. The van der Waals surface area contributed by atoms with Crippen molar-refractivity contribution in [2.75, 3.05) is 33.0 Å². The normalized spacial score (nSPS) is 16.9. The van der Waals surface area contributed by atoms with Crippen molar-refractivity contribution in [3.63, 3.8) is 0 Å². The summed E-state index contributed by atoms with van der Waals surface area (Å²) in [5.41, 5.74) is 1.76. The maximum Gasteiger partial charge on any atom is 0.255 e. The molecular formula is C18H18ClN3O3. The number of rotatable bonds is 3. The number of aromatic nitrogens is 1. The van der Waals surface area contributed by atoms with Gasteiger partial charge >= 0.3 is 0 Å². The van der Waals surface area contributed by atoms with E-state index < -0.39 is 0 Å². The van der Waals surface area contributed by atoms with E-state index in [9.17, 15) is 4.79 Å². The Hall–Kier alpha value is -2.31. The van der Waals surface area contributed by atoms with Crippen molar-refractivity contribution in [3.05, 3.63) is 52.8 Å². The van der Waals surface area contributed by atoms with E-state index in [0.717, 1.165) is 31.1 Å². The summed E-state index contributed by atoms with van der Waals surface area (Å²) >= 11 is 5.77. The molecule has 0 unspecified atom stereocenters. The second-order valence-corrected chi connectivity index (χ2v) is 6.51. The van der Waals surface area contributed by atoms with Gasteiger partial charge in [0.2, 0.25) is 6.79 Å². The number of carbonyl (C=O) groups is 1. The van der Waals surface area contributed by atoms with Gasteiger partial charge in [-0.1, -0.05) is 17.7 Å². The van der Waals surface area contributed by atoms with Crippen molar-refractivity contribution in [1.29, 1.82) is 0 Å². The number of piperazine rings is 1. The second-order valence-electron chi connectivity index (χ2n) is 6.13. The highest BCUT2D eigenvalue weighted by atomic mass is 35.5. The summed E-state index contributed by atoms with van der Waals surface area (Å²) in [5, 5.41) is 0.394. The minimum atomic E-state index is 0.00639. The molecule has 2 aromatic rings. The van der Waals surface area contributed by atoms with Crippen LogP contribution in [0.4, 0.5) is 0 Å². The Kier molecular flexibility index (Phi) is 4.46. The van der Waals surface area contributed by atoms with Gasteiger partial charge in [-0.15, -0.1) is 0 Å². The zero-order chi connectivity index (χ0) is 17.2. The van der Waals surface area contributed by atoms with Crippen LogP contribution in [0.5, 0.6) is 11.5 Å². The van der Waals surface area contributed by atoms with E-state index in [1.165, 1.54) is 11.8 Å². The first-order chi connectivity index (χ1) is 12.2. The van der Waals surface area contributed by atoms with Crippen LogP contribution < -0.4 is 9.47 Å². The molecule has 0 atom stereocenters. The molecule has 1 aromatic carbocycles. The lowest BCUT2D eigenvalue weighted by Gasteiger charge is -2.34. The summed E-state index contributed by atoms with van der Waals surface area (Å²) in [6.45, 7) is 4.20. The van der Waals surface area contributed by atoms with Crippen LogP contribution in [0.1, 0.15) is 15.9 Å². The van der Waals surface area contributed by atoms with Crippen LogP contribution in [0.2, 0.25) is 5.15 Å². The zero-order valence-corrected chi connectivity index (χ0v) is 14.4. The van der Waals surface area contributed by atoms with Gasteiger partial charge < -0.3 is 14.4 Å². The third-order valence-electron chi connectivity index (χ3n) is 4.48. The maximum atomic E-state index is 12.5. The second kappa shape index (κ2) is 6.90. The molecule has 25 heavy (non-hydrogen) atoms. The molecule has 0 aliphatic carbocycles. The van der Waals surface area contributed by atoms with Gasteiger partial charge in [-0.3, -0.25) is 9.69 Å². The van der Waals surface area contributed by atoms with E-state index in [1.807, 2.05) is 17.0 Å². The minimum Gasteiger partial charge on any atom is -0.454 e. The van der Waals surface area contributed by atoms with Gasteiger partial charge in [-0.2, -0.15) is 0 Å². The van der Waals surface area contributed by atoms with Gasteiger partial charge in [0.15, 0.2) is 11.5 Å². The zero-order valence-electron chi connectivity index (χ0n) is 13.7. The van der Waals surface area contributed by atoms with E-state index in [-0.39, 0.29) is 5.91 Å². The number of amides is 1. The molecule has 2 aliphatic rings. The van der Waals surface area contributed by atoms with Crippen LogP contribution in [-0.4, -0.2) is 53.7 Å². The van der Waals surface area contributed by atoms with Crippen LogP contribution in [0.25, 0.3) is 0 Å². The summed E-state index contributed by atoms with van der Waals surface area (Å²) in [7, 11) is 0. The Bertz CT molecular complexity index is 774. The largest absolute Gasteiger partial charge is 0.454 e. The first-order valence-electron chi connectivity index (χ1n) is 8.21. The third kappa shape index (κ3) is 3.55. The van der Waals surface area contributed by atoms with E-state index in [0.29, 0.717) is 30.6 Å². The van der Waals surface area contributed by atoms with Gasteiger partial charge in [0, 0.05) is 38.9 Å². The number of hydrogen-bond donors (Lipinski definition) is 0. The molecule has 130 valence electrons. The summed E-state index contributed by atoms with van der Waals surface area (Å²) in [5.74, 6) is 1.61. The molecule has 3 heterocycles. The molecule has 2 aliphatic heterocycles. The SMILES string of the molecule is O=C(c1ccc(Cl)nc1)N1CCN(Cc2ccc3c(c2)OCO3)CC1. The standard InChI is InChI=1S/C18H18ClN3O3/c19-17-4-2-14(10-20-17)18(23)22-7-5-21(6-8-22)11-13-1-3-15-16(9-13)25-12-24-15/h1-4,9-10H,5-8,11-12H2. The summed E-state index contributed by atoms with van der Waals surface area (Å²) in [4.78, 5) is 20.7. The van der Waals surface area contributed by atoms with Crippen molar-refractivity contribution < 1.29 is 14.3 Å². The summed E-state index contributed by atoms with van der Waals surface area (Å²) < 4.78 is 10.8. The van der Waals surface area contributed by atoms with E-state index >= 15 is 0 Å². The molecule has 6 nitrogen and oxygen atoms in total. The molecule has 0 spiro atoms. The first-order valence-corrected chi connectivity index (χ1v) is 8.58. The topological polar surface area (TPSA) is 54.9 Å². The molecule has 1 aromatic heterocycles. The lowest BCUT2D eigenvalue weighted by molar-refractivity contribution is 0.0628. The number of halogens is 1. The van der Waals surface area contributed by atoms with Crippen molar-refractivity contribution in [2.24, 2.45) is 0 Å². The lowest BCUT2D eigenvalue weighted by atomic mass is 10.1.